The van der Waals surface area contributed by atoms with Gasteiger partial charge in [0.2, 0.25) is 10.0 Å². The lowest BCUT2D eigenvalue weighted by molar-refractivity contribution is 0.0700. The van der Waals surface area contributed by atoms with Gasteiger partial charge in [-0.25, -0.2) is 13.1 Å². The van der Waals surface area contributed by atoms with Crippen molar-refractivity contribution in [1.29, 1.82) is 0 Å². The standard InChI is InChI=1S/C16H26N2O4S/c1-11(2)21-7-8-23(19,20)18-14-10-16(3,4)22-15-6-5-12(17)9-13(14)15/h5-6,9,11,14,18H,7-8,10,17H2,1-4H3. The second-order valence-electron chi connectivity index (χ2n) is 6.77. The van der Waals surface area contributed by atoms with E-state index >= 15 is 0 Å². The first-order chi connectivity index (χ1) is 10.6. The third-order valence-corrected chi connectivity index (χ3v) is 4.96. The molecule has 0 fully saturated rings. The summed E-state index contributed by atoms with van der Waals surface area (Å²) in [6.07, 6.45) is 0.543. The fourth-order valence-corrected chi connectivity index (χ4v) is 3.72. The quantitative estimate of drug-likeness (QED) is 0.774. The van der Waals surface area contributed by atoms with Gasteiger partial charge in [-0.05, 0) is 45.9 Å². The maximum atomic E-state index is 12.3. The fraction of sp³-hybridized carbons (Fsp3) is 0.625. The van der Waals surface area contributed by atoms with Gasteiger partial charge in [0.05, 0.1) is 24.5 Å². The minimum Gasteiger partial charge on any atom is -0.487 e. The molecule has 0 amide bonds. The van der Waals surface area contributed by atoms with Crippen molar-refractivity contribution in [3.05, 3.63) is 23.8 Å². The maximum Gasteiger partial charge on any atom is 0.214 e. The molecule has 23 heavy (non-hydrogen) atoms. The summed E-state index contributed by atoms with van der Waals surface area (Å²) in [5.74, 6) is 0.599. The molecule has 1 unspecified atom stereocenters. The molecular weight excluding hydrogens is 316 g/mol. The number of nitrogens with two attached hydrogens (primary N) is 1. The fourth-order valence-electron chi connectivity index (χ4n) is 2.65. The van der Waals surface area contributed by atoms with E-state index in [1.54, 1.807) is 18.2 Å². The van der Waals surface area contributed by atoms with Crippen molar-refractivity contribution in [2.45, 2.75) is 51.9 Å². The Hall–Kier alpha value is -1.31. The van der Waals surface area contributed by atoms with Crippen LogP contribution in [0.2, 0.25) is 0 Å². The number of nitrogen functional groups attached to an aromatic ring is 1. The van der Waals surface area contributed by atoms with E-state index in [0.29, 0.717) is 17.9 Å². The number of hydrogen-bond acceptors (Lipinski definition) is 5. The molecule has 0 saturated heterocycles. The van der Waals surface area contributed by atoms with Crippen LogP contribution in [0.3, 0.4) is 0 Å². The molecule has 1 aromatic rings. The molecule has 3 N–H and O–H groups in total. The van der Waals surface area contributed by atoms with Crippen molar-refractivity contribution >= 4 is 15.7 Å². The van der Waals surface area contributed by atoms with E-state index in [9.17, 15) is 8.42 Å². The van der Waals surface area contributed by atoms with Crippen molar-refractivity contribution in [2.75, 3.05) is 18.1 Å². The molecule has 0 saturated carbocycles. The molecule has 1 aliphatic rings. The average Bonchev–Trinajstić information content (AvgIpc) is 2.37. The lowest BCUT2D eigenvalue weighted by Gasteiger charge is -2.37. The molecule has 0 aromatic heterocycles. The zero-order chi connectivity index (χ0) is 17.3. The Morgan fingerprint density at radius 1 is 1.43 bits per heavy atom. The first kappa shape index (κ1) is 18.0. The summed E-state index contributed by atoms with van der Waals surface area (Å²) in [6.45, 7) is 7.80. The van der Waals surface area contributed by atoms with E-state index in [1.807, 2.05) is 27.7 Å². The van der Waals surface area contributed by atoms with Crippen molar-refractivity contribution in [2.24, 2.45) is 0 Å². The third-order valence-electron chi connectivity index (χ3n) is 3.62. The van der Waals surface area contributed by atoms with Crippen LogP contribution in [0, 0.1) is 0 Å². The molecule has 1 heterocycles. The second kappa shape index (κ2) is 6.67. The smallest absolute Gasteiger partial charge is 0.214 e. The van der Waals surface area contributed by atoms with Gasteiger partial charge in [0.25, 0.3) is 0 Å². The van der Waals surface area contributed by atoms with E-state index in [4.69, 9.17) is 15.2 Å². The topological polar surface area (TPSA) is 90.7 Å². The van der Waals surface area contributed by atoms with Gasteiger partial charge in [-0.2, -0.15) is 0 Å². The molecule has 1 aliphatic heterocycles. The number of rotatable bonds is 6. The molecule has 0 bridgehead atoms. The highest BCUT2D eigenvalue weighted by Gasteiger charge is 2.35. The van der Waals surface area contributed by atoms with Gasteiger partial charge in [0, 0.05) is 17.7 Å². The first-order valence-electron chi connectivity index (χ1n) is 7.78. The molecule has 130 valence electrons. The molecule has 1 atom stereocenters. The molecular formula is C16H26N2O4S. The number of fused-ring (bicyclic) bond motifs is 1. The van der Waals surface area contributed by atoms with Gasteiger partial charge in [-0.15, -0.1) is 0 Å². The van der Waals surface area contributed by atoms with Crippen molar-refractivity contribution in [3.8, 4) is 5.75 Å². The largest absolute Gasteiger partial charge is 0.487 e. The van der Waals surface area contributed by atoms with Crippen LogP contribution < -0.4 is 15.2 Å². The Balaban J connectivity index is 2.17. The SMILES string of the molecule is CC(C)OCCS(=O)(=O)NC1CC(C)(C)Oc2ccc(N)cc21. The van der Waals surface area contributed by atoms with E-state index < -0.39 is 15.6 Å². The van der Waals surface area contributed by atoms with E-state index in [0.717, 1.165) is 5.56 Å². The van der Waals surface area contributed by atoms with Gasteiger partial charge in [-0.3, -0.25) is 0 Å². The lowest BCUT2D eigenvalue weighted by Crippen LogP contribution is -2.42. The van der Waals surface area contributed by atoms with Crippen molar-refractivity contribution in [1.82, 2.24) is 4.72 Å². The average molecular weight is 342 g/mol. The summed E-state index contributed by atoms with van der Waals surface area (Å²) in [5.41, 5.74) is 6.74. The highest BCUT2D eigenvalue weighted by atomic mass is 32.2. The molecule has 0 aliphatic carbocycles. The number of nitrogens with one attached hydrogen (secondary N) is 1. The molecule has 0 spiro atoms. The molecule has 0 radical (unpaired) electrons. The Morgan fingerprint density at radius 3 is 2.78 bits per heavy atom. The molecule has 2 rings (SSSR count). The van der Waals surface area contributed by atoms with Gasteiger partial charge in [0.1, 0.15) is 11.4 Å². The van der Waals surface area contributed by atoms with Crippen molar-refractivity contribution < 1.29 is 17.9 Å². The monoisotopic (exact) mass is 342 g/mol. The zero-order valence-electron chi connectivity index (χ0n) is 14.1. The Labute approximate surface area is 138 Å². The summed E-state index contributed by atoms with van der Waals surface area (Å²) >= 11 is 0. The molecule has 1 aromatic carbocycles. The Morgan fingerprint density at radius 2 is 2.13 bits per heavy atom. The second-order valence-corrected chi connectivity index (χ2v) is 8.65. The highest BCUT2D eigenvalue weighted by Crippen LogP contribution is 2.40. The Bertz CT molecular complexity index is 656. The minimum absolute atomic E-state index is 0.00717. The van der Waals surface area contributed by atoms with Crippen LogP contribution in [0.25, 0.3) is 0 Å². The normalized spacial score (nSPS) is 20.1. The highest BCUT2D eigenvalue weighted by molar-refractivity contribution is 7.89. The molecule has 6 nitrogen and oxygen atoms in total. The van der Waals surface area contributed by atoms with Crippen LogP contribution >= 0.6 is 0 Å². The summed E-state index contributed by atoms with van der Waals surface area (Å²) in [7, 11) is -3.45. The van der Waals surface area contributed by atoms with Crippen LogP contribution in [0.4, 0.5) is 5.69 Å². The number of ether oxygens (including phenoxy) is 2. The predicted molar refractivity (Wildman–Crippen MR) is 90.9 cm³/mol. The summed E-state index contributed by atoms with van der Waals surface area (Å²) in [5, 5.41) is 0. The maximum absolute atomic E-state index is 12.3. The summed E-state index contributed by atoms with van der Waals surface area (Å²) in [4.78, 5) is 0. The third kappa shape index (κ3) is 5.09. The summed E-state index contributed by atoms with van der Waals surface area (Å²) < 4.78 is 38.7. The van der Waals surface area contributed by atoms with Gasteiger partial charge < -0.3 is 15.2 Å². The number of benzene rings is 1. The van der Waals surface area contributed by atoms with E-state index in [1.165, 1.54) is 0 Å². The molecule has 7 heteroatoms. The van der Waals surface area contributed by atoms with E-state index in [-0.39, 0.29) is 24.5 Å². The number of hydrogen-bond donors (Lipinski definition) is 2. The number of sulfonamides is 1. The van der Waals surface area contributed by atoms with E-state index in [2.05, 4.69) is 4.72 Å². The van der Waals surface area contributed by atoms with Crippen molar-refractivity contribution in [3.63, 3.8) is 0 Å². The van der Waals surface area contributed by atoms with Crippen LogP contribution in [0.1, 0.15) is 45.7 Å². The first-order valence-corrected chi connectivity index (χ1v) is 9.43. The van der Waals surface area contributed by atoms with Crippen LogP contribution in [0.5, 0.6) is 5.75 Å². The lowest BCUT2D eigenvalue weighted by atomic mass is 9.90. The van der Waals surface area contributed by atoms with Crippen LogP contribution in [-0.2, 0) is 14.8 Å². The van der Waals surface area contributed by atoms with Crippen LogP contribution in [-0.4, -0.2) is 32.5 Å². The minimum atomic E-state index is -3.45. The van der Waals surface area contributed by atoms with Gasteiger partial charge in [0.15, 0.2) is 0 Å². The summed E-state index contributed by atoms with van der Waals surface area (Å²) in [6, 6.07) is 4.95. The van der Waals surface area contributed by atoms with Crippen LogP contribution in [0.15, 0.2) is 18.2 Å². The predicted octanol–water partition coefficient (Wildman–Crippen LogP) is 2.22. The van der Waals surface area contributed by atoms with Gasteiger partial charge in [-0.1, -0.05) is 0 Å². The zero-order valence-corrected chi connectivity index (χ0v) is 14.9. The Kier molecular flexibility index (Phi) is 5.23. The van der Waals surface area contributed by atoms with Gasteiger partial charge >= 0.3 is 0 Å². The number of anilines is 1.